The Labute approximate surface area is 203 Å². The molecule has 2 aromatic carbocycles. The number of benzene rings is 2. The first-order valence-electron chi connectivity index (χ1n) is 12.6. The van der Waals surface area contributed by atoms with Gasteiger partial charge in [-0.25, -0.2) is 14.5 Å². The molecule has 2 aromatic rings. The van der Waals surface area contributed by atoms with Crippen LogP contribution < -0.4 is 0 Å². The Morgan fingerprint density at radius 2 is 1.21 bits per heavy atom. The average Bonchev–Trinajstić information content (AvgIpc) is 2.87. The van der Waals surface area contributed by atoms with E-state index in [9.17, 15) is 9.59 Å². The van der Waals surface area contributed by atoms with Gasteiger partial charge in [0, 0.05) is 0 Å². The lowest BCUT2D eigenvalue weighted by Crippen LogP contribution is -2.13. The lowest BCUT2D eigenvalue weighted by atomic mass is 10.00. The molecule has 0 N–H and O–H groups in total. The molecule has 6 heteroatoms. The van der Waals surface area contributed by atoms with E-state index in [-0.39, 0.29) is 6.61 Å². The molecule has 2 rings (SSSR count). The van der Waals surface area contributed by atoms with Crippen molar-refractivity contribution in [3.05, 3.63) is 60.2 Å². The number of carbonyl (C=O) groups is 2. The van der Waals surface area contributed by atoms with Gasteiger partial charge in [0.1, 0.15) is 0 Å². The first-order valence-corrected chi connectivity index (χ1v) is 12.6. The minimum atomic E-state index is -1.03. The highest BCUT2D eigenvalue weighted by atomic mass is 17.5. The maximum absolute atomic E-state index is 12.3. The highest BCUT2D eigenvalue weighted by molar-refractivity contribution is 5.96. The molecule has 0 fully saturated rings. The van der Waals surface area contributed by atoms with Crippen molar-refractivity contribution in [2.45, 2.75) is 84.0 Å². The Morgan fingerprint density at radius 3 is 1.85 bits per heavy atom. The number of rotatable bonds is 17. The van der Waals surface area contributed by atoms with E-state index in [4.69, 9.17) is 4.74 Å². The standard InChI is InChI=1S/C28H38O6/c1-2-3-4-5-6-7-8-9-10-11-12-18-23-31-28(30)33-34-32-27(29)26-22-17-16-21-25(26)24-19-14-13-15-20-24/h13-17,19-22H,2-12,18,23H2,1H3. The van der Waals surface area contributed by atoms with E-state index in [1.807, 2.05) is 36.4 Å². The summed E-state index contributed by atoms with van der Waals surface area (Å²) in [5, 5.41) is 4.34. The summed E-state index contributed by atoms with van der Waals surface area (Å²) in [5.74, 6) is -0.770. The summed E-state index contributed by atoms with van der Waals surface area (Å²) in [6.45, 7) is 2.48. The summed E-state index contributed by atoms with van der Waals surface area (Å²) in [4.78, 5) is 32.9. The van der Waals surface area contributed by atoms with Gasteiger partial charge < -0.3 is 4.74 Å². The molecule has 0 unspecified atom stereocenters. The van der Waals surface area contributed by atoms with Crippen molar-refractivity contribution in [1.29, 1.82) is 0 Å². The van der Waals surface area contributed by atoms with E-state index in [1.54, 1.807) is 18.2 Å². The molecular weight excluding hydrogens is 432 g/mol. The predicted octanol–water partition coefficient (Wildman–Crippen LogP) is 8.21. The number of ether oxygens (including phenoxy) is 1. The molecule has 0 bridgehead atoms. The Balaban J connectivity index is 1.50. The first-order chi connectivity index (χ1) is 16.7. The van der Waals surface area contributed by atoms with Crippen molar-refractivity contribution in [3.63, 3.8) is 0 Å². The van der Waals surface area contributed by atoms with Crippen LogP contribution in [0.5, 0.6) is 0 Å². The van der Waals surface area contributed by atoms with E-state index in [0.717, 1.165) is 24.8 Å². The van der Waals surface area contributed by atoms with Gasteiger partial charge in [-0.2, -0.15) is 0 Å². The van der Waals surface area contributed by atoms with Gasteiger partial charge >= 0.3 is 12.1 Å². The van der Waals surface area contributed by atoms with Crippen LogP contribution in [-0.4, -0.2) is 18.7 Å². The van der Waals surface area contributed by atoms with E-state index in [1.165, 1.54) is 57.8 Å². The second-order valence-corrected chi connectivity index (χ2v) is 8.42. The van der Waals surface area contributed by atoms with Gasteiger partial charge in [0.15, 0.2) is 0 Å². The first kappa shape index (κ1) is 27.4. The molecule has 0 aromatic heterocycles. The van der Waals surface area contributed by atoms with Crippen molar-refractivity contribution in [1.82, 2.24) is 0 Å². The molecule has 0 spiro atoms. The summed E-state index contributed by atoms with van der Waals surface area (Å²) >= 11 is 0. The molecule has 0 aliphatic carbocycles. The van der Waals surface area contributed by atoms with Gasteiger partial charge in [-0.15, -0.1) is 0 Å². The third kappa shape index (κ3) is 11.3. The van der Waals surface area contributed by atoms with Crippen LogP contribution >= 0.6 is 0 Å². The Bertz CT molecular complexity index is 821. The number of carbonyl (C=O) groups excluding carboxylic acids is 2. The Kier molecular flexibility index (Phi) is 14.2. The van der Waals surface area contributed by atoms with Crippen LogP contribution in [0.4, 0.5) is 4.79 Å². The number of hydrogen-bond donors (Lipinski definition) is 0. The van der Waals surface area contributed by atoms with Crippen molar-refractivity contribution in [2.75, 3.05) is 6.61 Å². The summed E-state index contributed by atoms with van der Waals surface area (Å²) in [6.07, 6.45) is 13.7. The smallest absolute Gasteiger partial charge is 0.432 e. The van der Waals surface area contributed by atoms with Gasteiger partial charge in [0.25, 0.3) is 0 Å². The van der Waals surface area contributed by atoms with Crippen LogP contribution in [0.25, 0.3) is 11.1 Å². The van der Waals surface area contributed by atoms with Crippen molar-refractivity contribution < 1.29 is 29.1 Å². The average molecular weight is 471 g/mol. The van der Waals surface area contributed by atoms with Crippen LogP contribution in [0.2, 0.25) is 0 Å². The molecule has 0 amide bonds. The molecule has 0 saturated carbocycles. The van der Waals surface area contributed by atoms with Crippen LogP contribution in [-0.2, 0) is 19.6 Å². The zero-order valence-electron chi connectivity index (χ0n) is 20.3. The molecule has 0 saturated heterocycles. The molecule has 0 aliphatic heterocycles. The lowest BCUT2D eigenvalue weighted by Gasteiger charge is -2.08. The molecule has 6 nitrogen and oxygen atoms in total. The SMILES string of the molecule is CCCCCCCCCCCCCCOC(=O)OOOC(=O)c1ccccc1-c1ccccc1. The third-order valence-corrected chi connectivity index (χ3v) is 5.66. The van der Waals surface area contributed by atoms with Gasteiger partial charge in [-0.1, -0.05) is 126 Å². The topological polar surface area (TPSA) is 71.1 Å². The molecule has 0 aliphatic rings. The molecular formula is C28H38O6. The highest BCUT2D eigenvalue weighted by Crippen LogP contribution is 2.24. The van der Waals surface area contributed by atoms with Crippen LogP contribution in [0, 0.1) is 0 Å². The third-order valence-electron chi connectivity index (χ3n) is 5.66. The molecule has 0 heterocycles. The summed E-state index contributed by atoms with van der Waals surface area (Å²) < 4.78 is 4.94. The second kappa shape index (κ2) is 17.6. The predicted molar refractivity (Wildman–Crippen MR) is 132 cm³/mol. The van der Waals surface area contributed by atoms with Crippen LogP contribution in [0.1, 0.15) is 94.3 Å². The quantitative estimate of drug-likeness (QED) is 0.100. The fraction of sp³-hybridized carbons (Fsp3) is 0.500. The van der Waals surface area contributed by atoms with Crippen molar-refractivity contribution in [2.24, 2.45) is 0 Å². The van der Waals surface area contributed by atoms with Crippen LogP contribution in [0.15, 0.2) is 54.6 Å². The fourth-order valence-corrected chi connectivity index (χ4v) is 3.77. The van der Waals surface area contributed by atoms with E-state index in [0.29, 0.717) is 11.1 Å². The highest BCUT2D eigenvalue weighted by Gasteiger charge is 2.16. The zero-order valence-corrected chi connectivity index (χ0v) is 20.3. The van der Waals surface area contributed by atoms with Gasteiger partial charge in [0.2, 0.25) is 0 Å². The molecule has 34 heavy (non-hydrogen) atoms. The van der Waals surface area contributed by atoms with Gasteiger partial charge in [0.05, 0.1) is 17.2 Å². The Hall–Kier alpha value is -2.86. The van der Waals surface area contributed by atoms with Gasteiger partial charge in [-0.3, -0.25) is 4.89 Å². The summed E-state index contributed by atoms with van der Waals surface area (Å²) in [6, 6.07) is 16.4. The van der Waals surface area contributed by atoms with Crippen LogP contribution in [0.3, 0.4) is 0 Å². The maximum atomic E-state index is 12.3. The zero-order chi connectivity index (χ0) is 24.3. The molecule has 186 valence electrons. The van der Waals surface area contributed by atoms with Crippen molar-refractivity contribution >= 4 is 12.1 Å². The maximum Gasteiger partial charge on any atom is 0.543 e. The van der Waals surface area contributed by atoms with E-state index >= 15 is 0 Å². The molecule has 0 atom stereocenters. The summed E-state index contributed by atoms with van der Waals surface area (Å²) in [7, 11) is 0. The molecule has 0 radical (unpaired) electrons. The monoisotopic (exact) mass is 470 g/mol. The Morgan fingerprint density at radius 1 is 0.647 bits per heavy atom. The second-order valence-electron chi connectivity index (χ2n) is 8.42. The minimum Gasteiger partial charge on any atom is -0.432 e. The lowest BCUT2D eigenvalue weighted by molar-refractivity contribution is -0.452. The number of unbranched alkanes of at least 4 members (excludes halogenated alkanes) is 11. The number of hydrogen-bond acceptors (Lipinski definition) is 6. The van der Waals surface area contributed by atoms with Crippen molar-refractivity contribution in [3.8, 4) is 11.1 Å². The van der Waals surface area contributed by atoms with Gasteiger partial charge in [-0.05, 0) is 23.6 Å². The fourth-order valence-electron chi connectivity index (χ4n) is 3.77. The largest absolute Gasteiger partial charge is 0.543 e. The summed E-state index contributed by atoms with van der Waals surface area (Å²) in [5.41, 5.74) is 1.84. The minimum absolute atomic E-state index is 0.240. The normalized spacial score (nSPS) is 10.6. The van der Waals surface area contributed by atoms with E-state index in [2.05, 4.69) is 21.7 Å². The van der Waals surface area contributed by atoms with E-state index < -0.39 is 12.1 Å².